The van der Waals surface area contributed by atoms with E-state index in [4.69, 9.17) is 0 Å². The number of aromatic nitrogens is 2. The lowest BCUT2D eigenvalue weighted by Crippen LogP contribution is -2.10. The highest BCUT2D eigenvalue weighted by molar-refractivity contribution is 5.90. The van der Waals surface area contributed by atoms with Crippen LogP contribution in [0, 0.1) is 13.8 Å². The van der Waals surface area contributed by atoms with Crippen molar-refractivity contribution in [3.63, 3.8) is 0 Å². The van der Waals surface area contributed by atoms with Gasteiger partial charge in [-0.2, -0.15) is 5.10 Å². The molecule has 0 fully saturated rings. The van der Waals surface area contributed by atoms with Gasteiger partial charge < -0.3 is 5.32 Å². The van der Waals surface area contributed by atoms with Crippen molar-refractivity contribution in [1.29, 1.82) is 0 Å². The van der Waals surface area contributed by atoms with Crippen molar-refractivity contribution in [2.75, 3.05) is 5.32 Å². The second kappa shape index (κ2) is 7.25. The average molecular weight is 299 g/mol. The van der Waals surface area contributed by atoms with Crippen LogP contribution in [0.15, 0.2) is 24.3 Å². The molecule has 4 nitrogen and oxygen atoms in total. The molecule has 0 saturated carbocycles. The molecule has 22 heavy (non-hydrogen) atoms. The van der Waals surface area contributed by atoms with E-state index in [1.165, 1.54) is 16.8 Å². The van der Waals surface area contributed by atoms with Gasteiger partial charge in [0.1, 0.15) is 0 Å². The number of hydrogen-bond donors (Lipinski definition) is 1. The van der Waals surface area contributed by atoms with Crippen molar-refractivity contribution in [1.82, 2.24) is 9.78 Å². The number of unbranched alkanes of at least 4 members (excludes halogenated alkanes) is 1. The van der Waals surface area contributed by atoms with Gasteiger partial charge in [0.15, 0.2) is 0 Å². The summed E-state index contributed by atoms with van der Waals surface area (Å²) >= 11 is 0. The number of amides is 1. The van der Waals surface area contributed by atoms with Crippen LogP contribution in [0.4, 0.5) is 5.69 Å². The molecule has 0 atom stereocenters. The Labute approximate surface area is 132 Å². The standard InChI is InChI=1S/C18H25N3O/c1-5-6-7-18(22)19-16-10-8-15(9-11-16)12-17-13(2)20-21(4)14(17)3/h8-11H,5-7,12H2,1-4H3,(H,19,22). The molecular weight excluding hydrogens is 274 g/mol. The number of nitrogens with zero attached hydrogens (tertiary/aromatic N) is 2. The number of aryl methyl sites for hydroxylation is 2. The summed E-state index contributed by atoms with van der Waals surface area (Å²) in [5.74, 6) is 0.0912. The van der Waals surface area contributed by atoms with Gasteiger partial charge >= 0.3 is 0 Å². The molecule has 118 valence electrons. The van der Waals surface area contributed by atoms with Gasteiger partial charge in [0.05, 0.1) is 5.69 Å². The lowest BCUT2D eigenvalue weighted by molar-refractivity contribution is -0.116. The fraction of sp³-hybridized carbons (Fsp3) is 0.444. The van der Waals surface area contributed by atoms with Crippen LogP contribution in [0.3, 0.4) is 0 Å². The Balaban J connectivity index is 2.01. The maximum absolute atomic E-state index is 11.7. The monoisotopic (exact) mass is 299 g/mol. The van der Waals surface area contributed by atoms with Crippen molar-refractivity contribution in [3.8, 4) is 0 Å². The molecule has 1 N–H and O–H groups in total. The summed E-state index contributed by atoms with van der Waals surface area (Å²) in [6.45, 7) is 6.23. The van der Waals surface area contributed by atoms with Crippen LogP contribution in [-0.4, -0.2) is 15.7 Å². The maximum atomic E-state index is 11.7. The third kappa shape index (κ3) is 3.97. The van der Waals surface area contributed by atoms with Gasteiger partial charge in [0.2, 0.25) is 5.91 Å². The minimum absolute atomic E-state index is 0.0912. The zero-order valence-corrected chi connectivity index (χ0v) is 13.9. The van der Waals surface area contributed by atoms with E-state index in [1.807, 2.05) is 30.8 Å². The van der Waals surface area contributed by atoms with Gasteiger partial charge in [-0.05, 0) is 38.0 Å². The topological polar surface area (TPSA) is 46.9 Å². The second-order valence-electron chi connectivity index (χ2n) is 5.80. The van der Waals surface area contributed by atoms with Crippen molar-refractivity contribution >= 4 is 11.6 Å². The number of nitrogens with one attached hydrogen (secondary N) is 1. The van der Waals surface area contributed by atoms with Gasteiger partial charge in [-0.25, -0.2) is 0 Å². The third-order valence-electron chi connectivity index (χ3n) is 4.03. The Morgan fingerprint density at radius 2 is 1.91 bits per heavy atom. The summed E-state index contributed by atoms with van der Waals surface area (Å²) in [5.41, 5.74) is 5.66. The summed E-state index contributed by atoms with van der Waals surface area (Å²) in [7, 11) is 1.97. The fourth-order valence-corrected chi connectivity index (χ4v) is 2.54. The smallest absolute Gasteiger partial charge is 0.224 e. The van der Waals surface area contributed by atoms with Crippen LogP contribution in [-0.2, 0) is 18.3 Å². The first kappa shape index (κ1) is 16.3. The van der Waals surface area contributed by atoms with Crippen LogP contribution in [0.5, 0.6) is 0 Å². The van der Waals surface area contributed by atoms with Crippen LogP contribution >= 0.6 is 0 Å². The van der Waals surface area contributed by atoms with Crippen molar-refractivity contribution in [3.05, 3.63) is 46.8 Å². The van der Waals surface area contributed by atoms with E-state index in [1.54, 1.807) is 0 Å². The largest absolute Gasteiger partial charge is 0.326 e. The molecule has 0 saturated heterocycles. The number of rotatable bonds is 6. The van der Waals surface area contributed by atoms with Crippen LogP contribution in [0.2, 0.25) is 0 Å². The lowest BCUT2D eigenvalue weighted by Gasteiger charge is -2.07. The summed E-state index contributed by atoms with van der Waals surface area (Å²) in [6, 6.07) is 8.09. The van der Waals surface area contributed by atoms with Crippen LogP contribution in [0.1, 0.15) is 48.7 Å². The Morgan fingerprint density at radius 1 is 1.23 bits per heavy atom. The Morgan fingerprint density at radius 3 is 2.45 bits per heavy atom. The predicted octanol–water partition coefficient (Wildman–Crippen LogP) is 3.76. The van der Waals surface area contributed by atoms with Crippen LogP contribution < -0.4 is 5.32 Å². The molecule has 0 bridgehead atoms. The van der Waals surface area contributed by atoms with E-state index in [2.05, 4.69) is 36.4 Å². The number of hydrogen-bond acceptors (Lipinski definition) is 2. The summed E-state index contributed by atoms with van der Waals surface area (Å²) in [6.07, 6.45) is 3.43. The third-order valence-corrected chi connectivity index (χ3v) is 4.03. The number of benzene rings is 1. The Bertz CT molecular complexity index is 641. The Hall–Kier alpha value is -2.10. The highest BCUT2D eigenvalue weighted by Crippen LogP contribution is 2.18. The summed E-state index contributed by atoms with van der Waals surface area (Å²) < 4.78 is 1.92. The highest BCUT2D eigenvalue weighted by atomic mass is 16.1. The molecule has 2 rings (SSSR count). The van der Waals surface area contributed by atoms with Gasteiger partial charge in [-0.3, -0.25) is 9.48 Å². The fourth-order valence-electron chi connectivity index (χ4n) is 2.54. The van der Waals surface area contributed by atoms with Gasteiger partial charge in [0, 0.05) is 36.8 Å². The molecule has 1 amide bonds. The van der Waals surface area contributed by atoms with E-state index in [0.717, 1.165) is 30.6 Å². The minimum Gasteiger partial charge on any atom is -0.326 e. The Kier molecular flexibility index (Phi) is 5.36. The van der Waals surface area contributed by atoms with Gasteiger partial charge in [-0.1, -0.05) is 25.5 Å². The zero-order chi connectivity index (χ0) is 16.1. The molecule has 4 heteroatoms. The van der Waals surface area contributed by atoms with Crippen molar-refractivity contribution < 1.29 is 4.79 Å². The first-order valence-electron chi connectivity index (χ1n) is 7.89. The molecule has 0 unspecified atom stereocenters. The van der Waals surface area contributed by atoms with E-state index < -0.39 is 0 Å². The van der Waals surface area contributed by atoms with Crippen molar-refractivity contribution in [2.24, 2.45) is 7.05 Å². The minimum atomic E-state index is 0.0912. The molecule has 0 radical (unpaired) electrons. The second-order valence-corrected chi connectivity index (χ2v) is 5.80. The van der Waals surface area contributed by atoms with E-state index in [9.17, 15) is 4.79 Å². The van der Waals surface area contributed by atoms with Crippen LogP contribution in [0.25, 0.3) is 0 Å². The maximum Gasteiger partial charge on any atom is 0.224 e. The van der Waals surface area contributed by atoms with Crippen molar-refractivity contribution in [2.45, 2.75) is 46.5 Å². The normalized spacial score (nSPS) is 10.7. The summed E-state index contributed by atoms with van der Waals surface area (Å²) in [4.78, 5) is 11.7. The molecule has 0 aliphatic heterocycles. The molecule has 0 spiro atoms. The molecule has 0 aliphatic rings. The average Bonchev–Trinajstić information content (AvgIpc) is 2.73. The summed E-state index contributed by atoms with van der Waals surface area (Å²) in [5, 5.41) is 7.39. The molecule has 1 aromatic carbocycles. The van der Waals surface area contributed by atoms with Gasteiger partial charge in [-0.15, -0.1) is 0 Å². The molecular formula is C18H25N3O. The molecule has 2 aromatic rings. The molecule has 1 heterocycles. The lowest BCUT2D eigenvalue weighted by atomic mass is 10.0. The quantitative estimate of drug-likeness (QED) is 0.883. The first-order chi connectivity index (χ1) is 10.5. The molecule has 1 aromatic heterocycles. The molecule has 0 aliphatic carbocycles. The SMILES string of the molecule is CCCCC(=O)Nc1ccc(Cc2c(C)nn(C)c2C)cc1. The number of carbonyl (C=O) groups excluding carboxylic acids is 1. The van der Waals surface area contributed by atoms with Gasteiger partial charge in [0.25, 0.3) is 0 Å². The highest BCUT2D eigenvalue weighted by Gasteiger charge is 2.10. The number of carbonyl (C=O) groups is 1. The first-order valence-corrected chi connectivity index (χ1v) is 7.89. The van der Waals surface area contributed by atoms with E-state index in [0.29, 0.717) is 6.42 Å². The van der Waals surface area contributed by atoms with E-state index >= 15 is 0 Å². The predicted molar refractivity (Wildman–Crippen MR) is 90.1 cm³/mol. The number of anilines is 1. The zero-order valence-electron chi connectivity index (χ0n) is 13.9. The van der Waals surface area contributed by atoms with E-state index in [-0.39, 0.29) is 5.91 Å².